The topological polar surface area (TPSA) is 46.6 Å². The van der Waals surface area contributed by atoms with Crippen LogP contribution in [0.5, 0.6) is 5.75 Å². The zero-order valence-corrected chi connectivity index (χ0v) is 16.1. The normalized spacial score (nSPS) is 16.5. The molecule has 0 spiro atoms. The summed E-state index contributed by atoms with van der Waals surface area (Å²) in [5.41, 5.74) is 2.29. The fourth-order valence-electron chi connectivity index (χ4n) is 3.11. The molecule has 1 atom stereocenters. The molecule has 5 nitrogen and oxygen atoms in total. The number of ether oxygens (including phenoxy) is 2. The zero-order valence-electron chi connectivity index (χ0n) is 15.4. The SMILES string of the molecule is COCCN(C)c1ccc(CN[C@H]2CCCOc3c(Cl)cccc32)cn1. The minimum atomic E-state index is 0.232. The van der Waals surface area contributed by atoms with E-state index in [9.17, 15) is 0 Å². The Balaban J connectivity index is 1.63. The molecule has 140 valence electrons. The number of pyridine rings is 1. The Hall–Kier alpha value is -1.82. The number of anilines is 1. The van der Waals surface area contributed by atoms with Gasteiger partial charge in [0, 0.05) is 45.0 Å². The van der Waals surface area contributed by atoms with Gasteiger partial charge in [-0.3, -0.25) is 0 Å². The number of rotatable bonds is 7. The van der Waals surface area contributed by atoms with Crippen molar-refractivity contribution in [1.29, 1.82) is 0 Å². The van der Waals surface area contributed by atoms with Gasteiger partial charge >= 0.3 is 0 Å². The van der Waals surface area contributed by atoms with E-state index in [0.717, 1.165) is 48.6 Å². The first-order valence-electron chi connectivity index (χ1n) is 8.98. The van der Waals surface area contributed by atoms with Gasteiger partial charge < -0.3 is 19.7 Å². The van der Waals surface area contributed by atoms with Crippen LogP contribution in [0, 0.1) is 0 Å². The van der Waals surface area contributed by atoms with Crippen LogP contribution in [0.4, 0.5) is 5.82 Å². The van der Waals surface area contributed by atoms with Crippen molar-refractivity contribution >= 4 is 17.4 Å². The van der Waals surface area contributed by atoms with E-state index >= 15 is 0 Å². The second-order valence-corrected chi connectivity index (χ2v) is 6.93. The van der Waals surface area contributed by atoms with Crippen LogP contribution < -0.4 is 15.0 Å². The maximum atomic E-state index is 6.30. The van der Waals surface area contributed by atoms with Crippen molar-refractivity contribution < 1.29 is 9.47 Å². The zero-order chi connectivity index (χ0) is 18.4. The van der Waals surface area contributed by atoms with Gasteiger partial charge in [0.05, 0.1) is 18.2 Å². The first-order chi connectivity index (χ1) is 12.7. The maximum absolute atomic E-state index is 6.30. The number of likely N-dealkylation sites (N-methyl/N-ethyl adjacent to an activating group) is 1. The van der Waals surface area contributed by atoms with Gasteiger partial charge in [-0.15, -0.1) is 0 Å². The van der Waals surface area contributed by atoms with E-state index in [1.165, 1.54) is 0 Å². The van der Waals surface area contributed by atoms with Gasteiger partial charge in [0.15, 0.2) is 0 Å². The Labute approximate surface area is 160 Å². The standard InChI is InChI=1S/C20H26ClN3O2/c1-24(10-12-25-2)19-9-8-15(14-23-19)13-22-18-7-4-11-26-20-16(18)5-3-6-17(20)21/h3,5-6,8-9,14,18,22H,4,7,10-13H2,1-2H3/t18-/m0/s1. The Bertz CT molecular complexity index is 709. The first-order valence-corrected chi connectivity index (χ1v) is 9.36. The molecule has 0 saturated carbocycles. The third kappa shape index (κ3) is 4.67. The maximum Gasteiger partial charge on any atom is 0.142 e. The van der Waals surface area contributed by atoms with Crippen LogP contribution in [0.1, 0.15) is 30.0 Å². The number of para-hydroxylation sites is 1. The van der Waals surface area contributed by atoms with Crippen LogP contribution in [-0.2, 0) is 11.3 Å². The predicted octanol–water partition coefficient (Wildman–Crippen LogP) is 3.82. The van der Waals surface area contributed by atoms with Crippen molar-refractivity contribution in [3.05, 3.63) is 52.7 Å². The summed E-state index contributed by atoms with van der Waals surface area (Å²) in [6, 6.07) is 10.4. The number of nitrogens with zero attached hydrogens (tertiary/aromatic N) is 2. The van der Waals surface area contributed by atoms with Crippen molar-refractivity contribution in [2.24, 2.45) is 0 Å². The van der Waals surface area contributed by atoms with E-state index in [1.807, 2.05) is 31.4 Å². The molecule has 1 aliphatic heterocycles. The molecule has 0 bridgehead atoms. The van der Waals surface area contributed by atoms with Crippen LogP contribution in [0.15, 0.2) is 36.5 Å². The molecule has 0 amide bonds. The highest BCUT2D eigenvalue weighted by Gasteiger charge is 2.21. The Morgan fingerprint density at radius 1 is 1.35 bits per heavy atom. The number of halogens is 1. The molecular weight excluding hydrogens is 350 g/mol. The van der Waals surface area contributed by atoms with Gasteiger partial charge in [-0.05, 0) is 30.5 Å². The molecule has 2 aromatic rings. The summed E-state index contributed by atoms with van der Waals surface area (Å²) in [7, 11) is 3.73. The third-order valence-corrected chi connectivity index (χ3v) is 4.94. The van der Waals surface area contributed by atoms with Crippen LogP contribution in [-0.4, -0.2) is 38.9 Å². The average molecular weight is 376 g/mol. The van der Waals surface area contributed by atoms with Crippen LogP contribution in [0.2, 0.25) is 5.02 Å². The smallest absolute Gasteiger partial charge is 0.142 e. The monoisotopic (exact) mass is 375 g/mol. The molecular formula is C20H26ClN3O2. The molecule has 0 radical (unpaired) electrons. The highest BCUT2D eigenvalue weighted by atomic mass is 35.5. The third-order valence-electron chi connectivity index (χ3n) is 4.64. The van der Waals surface area contributed by atoms with E-state index in [2.05, 4.69) is 27.3 Å². The van der Waals surface area contributed by atoms with Crippen molar-refractivity contribution in [2.75, 3.05) is 38.8 Å². The van der Waals surface area contributed by atoms with Crippen LogP contribution >= 0.6 is 11.6 Å². The van der Waals surface area contributed by atoms with Gasteiger partial charge in [-0.2, -0.15) is 0 Å². The number of methoxy groups -OCH3 is 1. The average Bonchev–Trinajstić information content (AvgIpc) is 2.88. The van der Waals surface area contributed by atoms with Gasteiger partial charge in [-0.25, -0.2) is 4.98 Å². The predicted molar refractivity (Wildman–Crippen MR) is 105 cm³/mol. The van der Waals surface area contributed by atoms with E-state index in [1.54, 1.807) is 7.11 Å². The van der Waals surface area contributed by atoms with E-state index < -0.39 is 0 Å². The number of fused-ring (bicyclic) bond motifs is 1. The fourth-order valence-corrected chi connectivity index (χ4v) is 3.35. The lowest BCUT2D eigenvalue weighted by Gasteiger charge is -2.20. The van der Waals surface area contributed by atoms with Crippen molar-refractivity contribution in [3.63, 3.8) is 0 Å². The summed E-state index contributed by atoms with van der Waals surface area (Å²) in [5.74, 6) is 1.77. The van der Waals surface area contributed by atoms with Gasteiger partial charge in [0.1, 0.15) is 11.6 Å². The lowest BCUT2D eigenvalue weighted by molar-refractivity contribution is 0.206. The van der Waals surface area contributed by atoms with Crippen LogP contribution in [0.3, 0.4) is 0 Å². The van der Waals surface area contributed by atoms with Crippen molar-refractivity contribution in [3.8, 4) is 5.75 Å². The van der Waals surface area contributed by atoms with E-state index in [-0.39, 0.29) is 6.04 Å². The second-order valence-electron chi connectivity index (χ2n) is 6.52. The van der Waals surface area contributed by atoms with Gasteiger partial charge in [-0.1, -0.05) is 29.8 Å². The fraction of sp³-hybridized carbons (Fsp3) is 0.450. The minimum Gasteiger partial charge on any atom is -0.492 e. The van der Waals surface area contributed by atoms with E-state index in [4.69, 9.17) is 21.1 Å². The summed E-state index contributed by atoms with van der Waals surface area (Å²) >= 11 is 6.30. The second kappa shape index (κ2) is 9.21. The minimum absolute atomic E-state index is 0.232. The van der Waals surface area contributed by atoms with Gasteiger partial charge in [0.25, 0.3) is 0 Å². The summed E-state index contributed by atoms with van der Waals surface area (Å²) in [5, 5.41) is 4.31. The van der Waals surface area contributed by atoms with E-state index in [0.29, 0.717) is 18.2 Å². The quantitative estimate of drug-likeness (QED) is 0.797. The molecule has 1 aromatic carbocycles. The molecule has 6 heteroatoms. The highest BCUT2D eigenvalue weighted by molar-refractivity contribution is 6.32. The molecule has 3 rings (SSSR count). The van der Waals surface area contributed by atoms with Gasteiger partial charge in [0.2, 0.25) is 0 Å². The summed E-state index contributed by atoms with van der Waals surface area (Å²) in [6.07, 6.45) is 3.96. The molecule has 1 N–H and O–H groups in total. The lowest BCUT2D eigenvalue weighted by atomic mass is 10.0. The van der Waals surface area contributed by atoms with Crippen LogP contribution in [0.25, 0.3) is 0 Å². The molecule has 0 saturated heterocycles. The molecule has 2 heterocycles. The Morgan fingerprint density at radius 2 is 2.23 bits per heavy atom. The van der Waals surface area contributed by atoms with Crippen molar-refractivity contribution in [2.45, 2.75) is 25.4 Å². The molecule has 0 unspecified atom stereocenters. The number of hydrogen-bond acceptors (Lipinski definition) is 5. The summed E-state index contributed by atoms with van der Waals surface area (Å²) in [6.45, 7) is 2.97. The number of hydrogen-bond donors (Lipinski definition) is 1. The number of nitrogens with one attached hydrogen (secondary N) is 1. The molecule has 0 aliphatic carbocycles. The Kier molecular flexibility index (Phi) is 6.72. The lowest BCUT2D eigenvalue weighted by Crippen LogP contribution is -2.23. The molecule has 1 aliphatic rings. The van der Waals surface area contributed by atoms with Crippen molar-refractivity contribution in [1.82, 2.24) is 10.3 Å². The molecule has 26 heavy (non-hydrogen) atoms. The summed E-state index contributed by atoms with van der Waals surface area (Å²) < 4.78 is 10.9. The number of aromatic nitrogens is 1. The first kappa shape index (κ1) is 19.0. The molecule has 0 fully saturated rings. The number of benzene rings is 1. The Morgan fingerprint density at radius 3 is 3.00 bits per heavy atom. The summed E-state index contributed by atoms with van der Waals surface area (Å²) in [4.78, 5) is 6.64. The highest BCUT2D eigenvalue weighted by Crippen LogP contribution is 2.36. The molecule has 1 aromatic heterocycles. The largest absolute Gasteiger partial charge is 0.492 e.